The van der Waals surface area contributed by atoms with Crippen LogP contribution in [-0.4, -0.2) is 86.8 Å². The summed E-state index contributed by atoms with van der Waals surface area (Å²) < 4.78 is 11.1. The summed E-state index contributed by atoms with van der Waals surface area (Å²) in [6.45, 7) is 5.24. The molecule has 0 aliphatic carbocycles. The molecule has 2 aromatic rings. The van der Waals surface area contributed by atoms with E-state index in [0.29, 0.717) is 37.4 Å². The number of fused-ring (bicyclic) bond motifs is 2. The number of nitrogens with zero attached hydrogens (tertiary/aromatic N) is 2. The highest BCUT2D eigenvalue weighted by atomic mass is 32.2. The van der Waals surface area contributed by atoms with Crippen LogP contribution in [0, 0.1) is 0 Å². The molecule has 1 aliphatic heterocycles. The number of ether oxygens (including phenoxy) is 2. The number of rotatable bonds is 4. The van der Waals surface area contributed by atoms with Crippen molar-refractivity contribution < 1.29 is 23.9 Å². The Morgan fingerprint density at radius 3 is 2.44 bits per heavy atom. The Morgan fingerprint density at radius 2 is 1.71 bits per heavy atom. The summed E-state index contributed by atoms with van der Waals surface area (Å²) in [5.41, 5.74) is 2.16. The zero-order valence-electron chi connectivity index (χ0n) is 24.7. The van der Waals surface area contributed by atoms with Crippen molar-refractivity contribution in [3.63, 3.8) is 0 Å². The highest BCUT2D eigenvalue weighted by Crippen LogP contribution is 2.28. The second kappa shape index (κ2) is 16.9. The van der Waals surface area contributed by atoms with Crippen molar-refractivity contribution in [2.45, 2.75) is 56.5 Å². The van der Waals surface area contributed by atoms with Gasteiger partial charge in [0.1, 0.15) is 6.04 Å². The van der Waals surface area contributed by atoms with Crippen molar-refractivity contribution >= 4 is 29.5 Å². The predicted molar refractivity (Wildman–Crippen MR) is 162 cm³/mol. The molecule has 1 aliphatic rings. The van der Waals surface area contributed by atoms with E-state index in [1.807, 2.05) is 6.07 Å². The van der Waals surface area contributed by atoms with E-state index < -0.39 is 11.9 Å². The fourth-order valence-corrected chi connectivity index (χ4v) is 5.15. The van der Waals surface area contributed by atoms with Crippen LogP contribution in [0.4, 0.5) is 0 Å². The van der Waals surface area contributed by atoms with Gasteiger partial charge in [-0.25, -0.2) is 0 Å². The van der Waals surface area contributed by atoms with Crippen molar-refractivity contribution in [2.24, 2.45) is 0 Å². The van der Waals surface area contributed by atoms with Gasteiger partial charge < -0.3 is 25.0 Å². The Labute approximate surface area is 248 Å². The van der Waals surface area contributed by atoms with E-state index in [0.717, 1.165) is 44.5 Å². The lowest BCUT2D eigenvalue weighted by Gasteiger charge is -2.25. The van der Waals surface area contributed by atoms with Gasteiger partial charge in [-0.1, -0.05) is 18.2 Å². The van der Waals surface area contributed by atoms with Gasteiger partial charge in [0.25, 0.3) is 5.91 Å². The predicted octanol–water partition coefficient (Wildman–Crippen LogP) is 3.49. The third-order valence-electron chi connectivity index (χ3n) is 7.11. The Kier molecular flexibility index (Phi) is 13.3. The second-order valence-electron chi connectivity index (χ2n) is 10.4. The number of likely N-dealkylation sites (N-methyl/N-ethyl adjacent to an activating group) is 1. The molecule has 0 unspecified atom stereocenters. The van der Waals surface area contributed by atoms with E-state index in [2.05, 4.69) is 46.1 Å². The molecule has 3 amide bonds. The number of aryl methyl sites for hydroxylation is 1. The maximum Gasteiger partial charge on any atom is 0.258 e. The smallest absolute Gasteiger partial charge is 0.258 e. The van der Waals surface area contributed by atoms with Gasteiger partial charge in [0.15, 0.2) is 18.1 Å². The summed E-state index contributed by atoms with van der Waals surface area (Å²) in [6.07, 6.45) is 5.59. The molecule has 9 nitrogen and oxygen atoms in total. The van der Waals surface area contributed by atoms with E-state index in [-0.39, 0.29) is 18.4 Å². The molecule has 0 saturated carbocycles. The second-order valence-corrected chi connectivity index (χ2v) is 11.2. The molecule has 3 rings (SSSR count). The maximum atomic E-state index is 12.9. The molecular weight excluding hydrogens is 540 g/mol. The lowest BCUT2D eigenvalue weighted by Crippen LogP contribution is -2.47. The summed E-state index contributed by atoms with van der Waals surface area (Å²) in [4.78, 5) is 43.3. The molecule has 0 aromatic heterocycles. The van der Waals surface area contributed by atoms with Crippen molar-refractivity contribution in [1.29, 1.82) is 0 Å². The Bertz CT molecular complexity index is 1140. The highest BCUT2D eigenvalue weighted by Gasteiger charge is 2.20. The lowest BCUT2D eigenvalue weighted by molar-refractivity contribution is -0.135. The van der Waals surface area contributed by atoms with Crippen LogP contribution in [-0.2, 0) is 27.3 Å². The fraction of sp³-hybridized carbons (Fsp3) is 0.516. The fourth-order valence-electron chi connectivity index (χ4n) is 4.74. The Morgan fingerprint density at radius 1 is 0.976 bits per heavy atom. The minimum absolute atomic E-state index is 0.00528. The number of hydrogen-bond donors (Lipinski definition) is 2. The van der Waals surface area contributed by atoms with Gasteiger partial charge >= 0.3 is 0 Å². The minimum Gasteiger partial charge on any atom is -0.493 e. The molecule has 2 N–H and O–H groups in total. The van der Waals surface area contributed by atoms with Crippen LogP contribution in [0.25, 0.3) is 0 Å². The average Bonchev–Trinajstić information content (AvgIpc) is 2.98. The maximum absolute atomic E-state index is 12.9. The monoisotopic (exact) mass is 584 g/mol. The first-order valence-electron chi connectivity index (χ1n) is 14.2. The number of hydrogen-bond acceptors (Lipinski definition) is 7. The van der Waals surface area contributed by atoms with Crippen LogP contribution in [0.1, 0.15) is 43.7 Å². The molecule has 0 radical (unpaired) electrons. The molecule has 41 heavy (non-hydrogen) atoms. The largest absolute Gasteiger partial charge is 0.493 e. The van der Waals surface area contributed by atoms with Crippen molar-refractivity contribution in [3.05, 3.63) is 53.6 Å². The quantitative estimate of drug-likeness (QED) is 0.531. The van der Waals surface area contributed by atoms with Gasteiger partial charge in [-0.2, -0.15) is 0 Å². The first kappa shape index (κ1) is 32.3. The van der Waals surface area contributed by atoms with Crippen LogP contribution in [0.2, 0.25) is 0 Å². The summed E-state index contributed by atoms with van der Waals surface area (Å²) in [5.74, 6) is 0.387. The lowest BCUT2D eigenvalue weighted by atomic mass is 10.1. The summed E-state index contributed by atoms with van der Waals surface area (Å²) >= 11 is 1.73. The van der Waals surface area contributed by atoms with Gasteiger partial charge in [-0.15, -0.1) is 11.8 Å². The van der Waals surface area contributed by atoms with Crippen molar-refractivity contribution in [3.8, 4) is 11.5 Å². The van der Waals surface area contributed by atoms with E-state index in [1.165, 1.54) is 17.6 Å². The molecule has 0 spiro atoms. The van der Waals surface area contributed by atoms with Gasteiger partial charge in [-0.05, 0) is 80.8 Å². The number of methoxy groups -OCH3 is 1. The minimum atomic E-state index is -0.665. The molecule has 2 aromatic carbocycles. The molecule has 1 heterocycles. The van der Waals surface area contributed by atoms with Crippen LogP contribution in [0.3, 0.4) is 0 Å². The van der Waals surface area contributed by atoms with Crippen LogP contribution >= 0.6 is 11.8 Å². The van der Waals surface area contributed by atoms with E-state index >= 15 is 0 Å². The number of carbonyl (C=O) groups excluding carboxylic acids is 3. The zero-order chi connectivity index (χ0) is 29.6. The summed E-state index contributed by atoms with van der Waals surface area (Å²) in [6, 6.07) is 13.4. The molecule has 1 atom stereocenters. The highest BCUT2D eigenvalue weighted by molar-refractivity contribution is 7.98. The number of benzene rings is 2. The van der Waals surface area contributed by atoms with Crippen molar-refractivity contribution in [1.82, 2.24) is 20.4 Å². The SMILES string of the molecule is COc1ccc2cc1OCC(=O)N[C@@H](C)C(=O)N(C)CCCCN(Cc1ccc(SC)cc1)CCCNC(=O)CC2. The van der Waals surface area contributed by atoms with Gasteiger partial charge in [0, 0.05) is 44.5 Å². The summed E-state index contributed by atoms with van der Waals surface area (Å²) in [5, 5.41) is 5.78. The van der Waals surface area contributed by atoms with E-state index in [9.17, 15) is 14.4 Å². The number of carbonyl (C=O) groups is 3. The topological polar surface area (TPSA) is 100 Å². The molecule has 0 saturated heterocycles. The van der Waals surface area contributed by atoms with Crippen LogP contribution in [0.5, 0.6) is 11.5 Å². The standard InChI is InChI=1S/C31H44N4O5S/c1-23-31(38)34(2)17-5-6-18-35(21-25-8-12-26(41-4)13-9-25)19-7-16-32-29(36)15-11-24-10-14-27(39-3)28(20-24)40-22-30(37)33-23/h8-10,12-14,20,23H,5-7,11,15-19,21-22H2,1-4H3,(H,32,36)(H,33,37)/t23-/m0/s1. The Hall–Kier alpha value is -3.24. The van der Waals surface area contributed by atoms with Crippen LogP contribution < -0.4 is 20.1 Å². The normalized spacial score (nSPS) is 19.3. The van der Waals surface area contributed by atoms with E-state index in [1.54, 1.807) is 42.8 Å². The third kappa shape index (κ3) is 10.9. The van der Waals surface area contributed by atoms with Gasteiger partial charge in [0.05, 0.1) is 7.11 Å². The van der Waals surface area contributed by atoms with E-state index in [4.69, 9.17) is 9.47 Å². The molecule has 0 fully saturated rings. The first-order valence-corrected chi connectivity index (χ1v) is 15.5. The Balaban J connectivity index is 1.68. The first-order chi connectivity index (χ1) is 19.8. The molecule has 2 bridgehead atoms. The third-order valence-corrected chi connectivity index (χ3v) is 7.85. The van der Waals surface area contributed by atoms with Crippen molar-refractivity contribution in [2.75, 3.05) is 53.2 Å². The average molecular weight is 585 g/mol. The van der Waals surface area contributed by atoms with Gasteiger partial charge in [-0.3, -0.25) is 19.3 Å². The zero-order valence-corrected chi connectivity index (χ0v) is 25.6. The molecular formula is C31H44N4O5S. The number of amides is 3. The molecule has 224 valence electrons. The summed E-state index contributed by atoms with van der Waals surface area (Å²) in [7, 11) is 3.30. The molecule has 10 heteroatoms. The number of nitrogens with one attached hydrogen (secondary N) is 2. The number of thioether (sulfide) groups is 1. The van der Waals surface area contributed by atoms with Crippen LogP contribution in [0.15, 0.2) is 47.4 Å². The van der Waals surface area contributed by atoms with Gasteiger partial charge in [0.2, 0.25) is 11.8 Å².